The van der Waals surface area contributed by atoms with E-state index in [-0.39, 0.29) is 36.4 Å². The van der Waals surface area contributed by atoms with Crippen molar-refractivity contribution in [3.05, 3.63) is 167 Å². The minimum Gasteiger partial charge on any atom is -0.508 e. The molecule has 2 saturated heterocycles. The number of carbonyl (C=O) groups excluding carboxylic acids is 4. The molecule has 6 atom stereocenters. The SMILES string of the molecule is Cc1ccc(NN2C(=O)[C@@H]3C[C@@H]4C(=CC[C@@H]5C(=O)N(c6cccc(C(=O)O)c6)C(=O)[C@@H]54)[C@H](c4ccc(OCc5ccccc5)cc4O)[C@]3(c3ccccc3)C2=O)cc1. The molecule has 4 amide bonds. The monoisotopic (exact) mass is 773 g/mol. The highest BCUT2D eigenvalue weighted by Crippen LogP contribution is 2.65. The Morgan fingerprint density at radius 3 is 2.24 bits per heavy atom. The van der Waals surface area contributed by atoms with Crippen LogP contribution in [0.4, 0.5) is 11.4 Å². The fraction of sp³-hybridized carbons (Fsp3) is 0.213. The number of hydrazine groups is 1. The van der Waals surface area contributed by atoms with Crippen LogP contribution in [0.2, 0.25) is 0 Å². The van der Waals surface area contributed by atoms with E-state index in [1.165, 1.54) is 30.3 Å². The van der Waals surface area contributed by atoms with Gasteiger partial charge in [0.25, 0.3) is 11.8 Å². The van der Waals surface area contributed by atoms with E-state index < -0.39 is 64.6 Å². The van der Waals surface area contributed by atoms with Crippen LogP contribution in [-0.2, 0) is 31.2 Å². The first kappa shape index (κ1) is 36.6. The van der Waals surface area contributed by atoms with Gasteiger partial charge in [-0.3, -0.25) is 29.5 Å². The molecule has 2 aliphatic heterocycles. The van der Waals surface area contributed by atoms with Crippen LogP contribution in [0.25, 0.3) is 0 Å². The first-order valence-corrected chi connectivity index (χ1v) is 19.3. The first-order valence-electron chi connectivity index (χ1n) is 19.3. The van der Waals surface area contributed by atoms with Crippen LogP contribution in [0.1, 0.15) is 51.4 Å². The molecular weight excluding hydrogens is 735 g/mol. The van der Waals surface area contributed by atoms with Gasteiger partial charge < -0.3 is 14.9 Å². The second-order valence-electron chi connectivity index (χ2n) is 15.5. The number of phenols is 1. The number of aromatic hydroxyl groups is 1. The smallest absolute Gasteiger partial charge is 0.335 e. The van der Waals surface area contributed by atoms with Gasteiger partial charge in [0.1, 0.15) is 18.1 Å². The number of ether oxygens (including phenoxy) is 1. The maximum Gasteiger partial charge on any atom is 0.335 e. The van der Waals surface area contributed by atoms with Crippen LogP contribution in [0.5, 0.6) is 11.5 Å². The highest BCUT2D eigenvalue weighted by atomic mass is 16.5. The standard InChI is InChI=1S/C47H39N3O8/c1-27-15-17-31(18-16-27)48-50-43(53)38-25-37-34(21-22-36-40(37)44(54)49(42(36)52)32-14-8-11-29(23-32)45(55)56)41(47(38,46(50)57)30-12-6-3-7-13-30)35-20-19-33(24-39(35)51)58-26-28-9-4-2-5-10-28/h2-21,23-24,36-38,40-41,48,51H,22,25-26H2,1H3,(H,55,56)/t36-,37+,38-,40-,41+,47+/m0/s1. The molecule has 4 aliphatic rings. The molecule has 9 rings (SSSR count). The van der Waals surface area contributed by atoms with Crippen molar-refractivity contribution in [2.75, 3.05) is 10.3 Å². The second kappa shape index (κ2) is 14.2. The molecule has 290 valence electrons. The number of anilines is 2. The molecule has 3 N–H and O–H groups in total. The zero-order valence-corrected chi connectivity index (χ0v) is 31.4. The molecule has 0 aromatic heterocycles. The Bertz CT molecular complexity index is 2520. The number of rotatable bonds is 9. The quantitative estimate of drug-likeness (QED) is 0.105. The maximum atomic E-state index is 15.4. The average Bonchev–Trinajstić information content (AvgIpc) is 3.62. The molecule has 3 fully saturated rings. The zero-order chi connectivity index (χ0) is 40.3. The Kier molecular flexibility index (Phi) is 8.95. The van der Waals surface area contributed by atoms with Crippen molar-refractivity contribution in [2.24, 2.45) is 23.7 Å². The number of carbonyl (C=O) groups is 5. The number of imide groups is 2. The molecule has 0 spiro atoms. The molecule has 58 heavy (non-hydrogen) atoms. The Morgan fingerprint density at radius 1 is 0.810 bits per heavy atom. The number of fused-ring (bicyclic) bond motifs is 4. The lowest BCUT2D eigenvalue weighted by molar-refractivity contribution is -0.138. The Hall–Kier alpha value is -7.01. The Balaban J connectivity index is 1.19. The van der Waals surface area contributed by atoms with Crippen LogP contribution < -0.4 is 15.1 Å². The van der Waals surface area contributed by atoms with Gasteiger partial charge in [0.2, 0.25) is 11.8 Å². The normalized spacial score (nSPS) is 24.8. The zero-order valence-electron chi connectivity index (χ0n) is 31.4. The van der Waals surface area contributed by atoms with Crippen molar-refractivity contribution >= 4 is 41.0 Å². The minimum atomic E-state index is -1.57. The molecule has 11 heteroatoms. The minimum absolute atomic E-state index is 0.0656. The number of phenolic OH excluding ortho intramolecular Hbond substituents is 1. The number of aryl methyl sites for hydroxylation is 1. The number of aromatic carboxylic acids is 1. The Morgan fingerprint density at radius 2 is 1.53 bits per heavy atom. The number of benzene rings is 5. The van der Waals surface area contributed by atoms with Gasteiger partial charge in [0, 0.05) is 17.5 Å². The van der Waals surface area contributed by atoms with E-state index >= 15 is 4.79 Å². The molecule has 0 bridgehead atoms. The lowest BCUT2D eigenvalue weighted by atomic mass is 9.49. The van der Waals surface area contributed by atoms with E-state index in [2.05, 4.69) is 5.43 Å². The van der Waals surface area contributed by atoms with Gasteiger partial charge in [-0.1, -0.05) is 102 Å². The van der Waals surface area contributed by atoms with Gasteiger partial charge >= 0.3 is 5.97 Å². The summed E-state index contributed by atoms with van der Waals surface area (Å²) in [5.41, 5.74) is 5.68. The summed E-state index contributed by atoms with van der Waals surface area (Å²) in [6.07, 6.45) is 2.14. The summed E-state index contributed by atoms with van der Waals surface area (Å²) >= 11 is 0. The number of carboxylic acids is 1. The summed E-state index contributed by atoms with van der Waals surface area (Å²) in [6, 6.07) is 36.7. The number of carboxylic acid groups (broad SMARTS) is 1. The van der Waals surface area contributed by atoms with E-state index in [9.17, 15) is 29.4 Å². The summed E-state index contributed by atoms with van der Waals surface area (Å²) in [5, 5.41) is 22.8. The van der Waals surface area contributed by atoms with E-state index in [0.29, 0.717) is 28.1 Å². The molecule has 5 aromatic carbocycles. The van der Waals surface area contributed by atoms with E-state index in [0.717, 1.165) is 21.0 Å². The summed E-state index contributed by atoms with van der Waals surface area (Å²) in [5.74, 6) is -7.25. The van der Waals surface area contributed by atoms with Crippen molar-refractivity contribution in [3.63, 3.8) is 0 Å². The second-order valence-corrected chi connectivity index (χ2v) is 15.5. The summed E-state index contributed by atoms with van der Waals surface area (Å²) in [7, 11) is 0. The number of hydrogen-bond acceptors (Lipinski definition) is 8. The number of hydrogen-bond donors (Lipinski definition) is 3. The summed E-state index contributed by atoms with van der Waals surface area (Å²) in [4.78, 5) is 72.1. The molecule has 11 nitrogen and oxygen atoms in total. The number of amides is 4. The Labute approximate surface area is 334 Å². The number of nitrogens with zero attached hydrogens (tertiary/aromatic N) is 2. The van der Waals surface area contributed by atoms with E-state index in [1.807, 2.05) is 85.8 Å². The van der Waals surface area contributed by atoms with Crippen molar-refractivity contribution in [2.45, 2.75) is 37.7 Å². The van der Waals surface area contributed by atoms with Crippen molar-refractivity contribution in [1.29, 1.82) is 0 Å². The predicted octanol–water partition coefficient (Wildman–Crippen LogP) is 7.17. The van der Waals surface area contributed by atoms with Crippen LogP contribution in [-0.4, -0.2) is 44.8 Å². The van der Waals surface area contributed by atoms with Crippen molar-refractivity contribution in [3.8, 4) is 11.5 Å². The van der Waals surface area contributed by atoms with Crippen LogP contribution in [0, 0.1) is 30.6 Å². The van der Waals surface area contributed by atoms with Gasteiger partial charge in [-0.2, -0.15) is 5.01 Å². The van der Waals surface area contributed by atoms with E-state index in [1.54, 1.807) is 24.3 Å². The highest BCUT2D eigenvalue weighted by molar-refractivity contribution is 6.23. The fourth-order valence-electron chi connectivity index (χ4n) is 9.72. The summed E-state index contributed by atoms with van der Waals surface area (Å²) in [6.45, 7) is 2.19. The first-order chi connectivity index (χ1) is 28.1. The van der Waals surface area contributed by atoms with E-state index in [4.69, 9.17) is 4.74 Å². The molecule has 5 aromatic rings. The molecule has 0 radical (unpaired) electrons. The topological polar surface area (TPSA) is 154 Å². The molecule has 0 unspecified atom stereocenters. The van der Waals surface area contributed by atoms with Gasteiger partial charge in [-0.05, 0) is 73.2 Å². The maximum absolute atomic E-state index is 15.4. The van der Waals surface area contributed by atoms with Gasteiger partial charge in [-0.15, -0.1) is 0 Å². The molecular formula is C47H39N3O8. The van der Waals surface area contributed by atoms with Gasteiger partial charge in [0.05, 0.1) is 40.1 Å². The van der Waals surface area contributed by atoms with Crippen molar-refractivity contribution in [1.82, 2.24) is 5.01 Å². The van der Waals surface area contributed by atoms with Gasteiger partial charge in [0.15, 0.2) is 0 Å². The number of allylic oxidation sites excluding steroid dienone is 2. The summed E-state index contributed by atoms with van der Waals surface area (Å²) < 4.78 is 6.07. The fourth-order valence-corrected chi connectivity index (χ4v) is 9.72. The van der Waals surface area contributed by atoms with Crippen LogP contribution in [0.15, 0.2) is 139 Å². The van der Waals surface area contributed by atoms with Crippen LogP contribution >= 0.6 is 0 Å². The lowest BCUT2D eigenvalue weighted by Gasteiger charge is -2.50. The molecule has 1 saturated carbocycles. The van der Waals surface area contributed by atoms with Crippen LogP contribution in [0.3, 0.4) is 0 Å². The third-order valence-electron chi connectivity index (χ3n) is 12.3. The lowest BCUT2D eigenvalue weighted by Crippen LogP contribution is -2.53. The number of nitrogens with one attached hydrogen (secondary N) is 1. The molecule has 2 aliphatic carbocycles. The third kappa shape index (κ3) is 5.76. The third-order valence-corrected chi connectivity index (χ3v) is 12.3. The molecule has 2 heterocycles. The average molecular weight is 774 g/mol. The largest absolute Gasteiger partial charge is 0.508 e. The van der Waals surface area contributed by atoms with Crippen molar-refractivity contribution < 1.29 is 38.9 Å². The predicted molar refractivity (Wildman–Crippen MR) is 214 cm³/mol. The highest BCUT2D eigenvalue weighted by Gasteiger charge is 2.70. The van der Waals surface area contributed by atoms with Gasteiger partial charge in [-0.25, -0.2) is 4.79 Å².